The van der Waals surface area contributed by atoms with Crippen LogP contribution in [0.2, 0.25) is 0 Å². The molecule has 1 aromatic heterocycles. The number of thioether (sulfide) groups is 1. The fraction of sp³-hybridized carbons (Fsp3) is 0.133. The molecule has 1 atom stereocenters. The Morgan fingerprint density at radius 1 is 1.53 bits per heavy atom. The van der Waals surface area contributed by atoms with E-state index in [1.165, 1.54) is 24.0 Å². The van der Waals surface area contributed by atoms with E-state index in [4.69, 9.17) is 0 Å². The molecule has 1 aromatic rings. The van der Waals surface area contributed by atoms with E-state index in [2.05, 4.69) is 11.6 Å². The van der Waals surface area contributed by atoms with Gasteiger partial charge in [-0.3, -0.25) is 0 Å². The highest BCUT2D eigenvalue weighted by atomic mass is 32.2. The van der Waals surface area contributed by atoms with Crippen LogP contribution in [0.4, 0.5) is 4.39 Å². The van der Waals surface area contributed by atoms with Gasteiger partial charge in [0.2, 0.25) is 5.95 Å². The molecular weight excluding hydrogens is 261 g/mol. The zero-order valence-electron chi connectivity index (χ0n) is 10.5. The highest BCUT2D eigenvalue weighted by Gasteiger charge is 2.20. The first-order valence-electron chi connectivity index (χ1n) is 5.85. The SMILES string of the molecule is C=C/C=C(\SC1=CC=C(O)C1C)c1ccnc(F)c1. The Labute approximate surface area is 116 Å². The third-order valence-corrected chi connectivity index (χ3v) is 4.11. The second-order valence-electron chi connectivity index (χ2n) is 4.12. The normalized spacial score (nSPS) is 19.1. The predicted octanol–water partition coefficient (Wildman–Crippen LogP) is 4.46. The first-order chi connectivity index (χ1) is 9.11. The van der Waals surface area contributed by atoms with Gasteiger partial charge in [0.25, 0.3) is 0 Å². The third kappa shape index (κ3) is 3.15. The summed E-state index contributed by atoms with van der Waals surface area (Å²) in [5.74, 6) is -0.186. The fourth-order valence-corrected chi connectivity index (χ4v) is 2.80. The van der Waals surface area contributed by atoms with Gasteiger partial charge in [0.1, 0.15) is 0 Å². The van der Waals surface area contributed by atoms with Crippen LogP contribution in [0.5, 0.6) is 0 Å². The summed E-state index contributed by atoms with van der Waals surface area (Å²) in [5, 5.41) is 9.61. The molecule has 0 spiro atoms. The molecule has 0 aliphatic heterocycles. The lowest BCUT2D eigenvalue weighted by Crippen LogP contribution is -1.96. The number of pyridine rings is 1. The summed E-state index contributed by atoms with van der Waals surface area (Å²) in [6.07, 6.45) is 8.48. The monoisotopic (exact) mass is 275 g/mol. The van der Waals surface area contributed by atoms with E-state index < -0.39 is 5.95 Å². The standard InChI is InChI=1S/C15H14FNOS/c1-3-4-14(11-7-8-17-15(16)9-11)19-13-6-5-12(18)10(13)2/h3-10,18H,1H2,2H3/b14-4-. The van der Waals surface area contributed by atoms with Gasteiger partial charge < -0.3 is 5.11 Å². The molecule has 0 amide bonds. The van der Waals surface area contributed by atoms with Crippen molar-refractivity contribution in [2.24, 2.45) is 5.92 Å². The molecule has 0 aromatic carbocycles. The van der Waals surface area contributed by atoms with E-state index >= 15 is 0 Å². The summed E-state index contributed by atoms with van der Waals surface area (Å²) >= 11 is 1.49. The van der Waals surface area contributed by atoms with Gasteiger partial charge in [-0.2, -0.15) is 4.39 Å². The summed E-state index contributed by atoms with van der Waals surface area (Å²) in [7, 11) is 0. The molecule has 0 radical (unpaired) electrons. The van der Waals surface area contributed by atoms with E-state index in [0.29, 0.717) is 5.76 Å². The van der Waals surface area contributed by atoms with Crippen LogP contribution in [0, 0.1) is 11.9 Å². The molecule has 2 rings (SSSR count). The van der Waals surface area contributed by atoms with Gasteiger partial charge >= 0.3 is 0 Å². The van der Waals surface area contributed by atoms with Crippen molar-refractivity contribution < 1.29 is 9.50 Å². The van der Waals surface area contributed by atoms with Crippen molar-refractivity contribution >= 4 is 16.7 Å². The summed E-state index contributed by atoms with van der Waals surface area (Å²) in [5.41, 5.74) is 0.747. The molecule has 0 bridgehead atoms. The largest absolute Gasteiger partial charge is 0.512 e. The Morgan fingerprint density at radius 2 is 2.32 bits per heavy atom. The smallest absolute Gasteiger partial charge is 0.213 e. The van der Waals surface area contributed by atoms with Crippen LogP contribution in [0.25, 0.3) is 4.91 Å². The van der Waals surface area contributed by atoms with Crippen molar-refractivity contribution in [2.75, 3.05) is 0 Å². The van der Waals surface area contributed by atoms with Gasteiger partial charge in [0.05, 0.1) is 5.76 Å². The maximum atomic E-state index is 13.2. The Morgan fingerprint density at radius 3 is 2.89 bits per heavy atom. The van der Waals surface area contributed by atoms with E-state index in [1.807, 2.05) is 19.1 Å². The average molecular weight is 275 g/mol. The van der Waals surface area contributed by atoms with Crippen LogP contribution >= 0.6 is 11.8 Å². The zero-order valence-corrected chi connectivity index (χ0v) is 11.3. The van der Waals surface area contributed by atoms with Gasteiger partial charge in [-0.1, -0.05) is 31.3 Å². The number of aliphatic hydroxyl groups excluding tert-OH is 1. The highest BCUT2D eigenvalue weighted by molar-refractivity contribution is 8.11. The molecule has 1 aliphatic rings. The molecule has 2 nitrogen and oxygen atoms in total. The molecular formula is C15H14FNOS. The van der Waals surface area contributed by atoms with Crippen molar-refractivity contribution in [1.29, 1.82) is 0 Å². The lowest BCUT2D eigenvalue weighted by Gasteiger charge is -2.12. The number of hydrogen-bond acceptors (Lipinski definition) is 3. The lowest BCUT2D eigenvalue weighted by molar-refractivity contribution is 0.368. The predicted molar refractivity (Wildman–Crippen MR) is 77.9 cm³/mol. The fourth-order valence-electron chi connectivity index (χ4n) is 1.70. The average Bonchev–Trinajstić information content (AvgIpc) is 2.70. The second-order valence-corrected chi connectivity index (χ2v) is 5.23. The summed E-state index contributed by atoms with van der Waals surface area (Å²) < 4.78 is 13.2. The summed E-state index contributed by atoms with van der Waals surface area (Å²) in [6, 6.07) is 3.13. The summed E-state index contributed by atoms with van der Waals surface area (Å²) in [4.78, 5) is 5.44. The van der Waals surface area contributed by atoms with Gasteiger partial charge in [-0.25, -0.2) is 4.98 Å². The quantitative estimate of drug-likeness (QED) is 0.650. The van der Waals surface area contributed by atoms with Crippen molar-refractivity contribution in [1.82, 2.24) is 4.98 Å². The number of hydrogen-bond donors (Lipinski definition) is 1. The van der Waals surface area contributed by atoms with Crippen LogP contribution < -0.4 is 0 Å². The Hall–Kier alpha value is -1.81. The Bertz CT molecular complexity index is 590. The van der Waals surface area contributed by atoms with Gasteiger partial charge in [-0.15, -0.1) is 0 Å². The minimum Gasteiger partial charge on any atom is -0.512 e. The van der Waals surface area contributed by atoms with Crippen molar-refractivity contribution in [3.63, 3.8) is 0 Å². The minimum absolute atomic E-state index is 0.0232. The van der Waals surface area contributed by atoms with Crippen LogP contribution in [0.3, 0.4) is 0 Å². The number of aliphatic hydroxyl groups is 1. The van der Waals surface area contributed by atoms with Crippen molar-refractivity contribution in [2.45, 2.75) is 6.92 Å². The first kappa shape index (κ1) is 13.6. The summed E-state index contributed by atoms with van der Waals surface area (Å²) in [6.45, 7) is 5.60. The molecule has 0 saturated carbocycles. The molecule has 98 valence electrons. The molecule has 4 heteroatoms. The first-order valence-corrected chi connectivity index (χ1v) is 6.66. The topological polar surface area (TPSA) is 33.1 Å². The van der Waals surface area contributed by atoms with Crippen LogP contribution in [0.15, 0.2) is 59.9 Å². The number of rotatable bonds is 4. The molecule has 1 aliphatic carbocycles. The lowest BCUT2D eigenvalue weighted by atomic mass is 10.2. The third-order valence-electron chi connectivity index (χ3n) is 2.80. The van der Waals surface area contributed by atoms with E-state index in [9.17, 15) is 9.50 Å². The van der Waals surface area contributed by atoms with Gasteiger partial charge in [-0.05, 0) is 29.9 Å². The molecule has 19 heavy (non-hydrogen) atoms. The maximum Gasteiger partial charge on any atom is 0.213 e. The number of nitrogens with zero attached hydrogens (tertiary/aromatic N) is 1. The Kier molecular flexibility index (Phi) is 4.22. The molecule has 1 unspecified atom stereocenters. The van der Waals surface area contributed by atoms with Crippen molar-refractivity contribution in [3.8, 4) is 0 Å². The van der Waals surface area contributed by atoms with E-state index in [0.717, 1.165) is 15.4 Å². The van der Waals surface area contributed by atoms with Crippen LogP contribution in [0.1, 0.15) is 12.5 Å². The molecule has 0 fully saturated rings. The maximum absolute atomic E-state index is 13.2. The molecule has 1 N–H and O–H groups in total. The van der Waals surface area contributed by atoms with E-state index in [-0.39, 0.29) is 5.92 Å². The highest BCUT2D eigenvalue weighted by Crippen LogP contribution is 2.41. The second kappa shape index (κ2) is 5.89. The number of halogens is 1. The van der Waals surface area contributed by atoms with E-state index in [1.54, 1.807) is 18.2 Å². The Balaban J connectivity index is 2.24. The van der Waals surface area contributed by atoms with Gasteiger partial charge in [0, 0.05) is 28.0 Å². The zero-order chi connectivity index (χ0) is 13.8. The number of aromatic nitrogens is 1. The number of allylic oxidation sites excluding steroid dienone is 5. The van der Waals surface area contributed by atoms with Crippen LogP contribution in [-0.4, -0.2) is 10.1 Å². The molecule has 1 heterocycles. The van der Waals surface area contributed by atoms with Crippen molar-refractivity contribution in [3.05, 3.63) is 71.4 Å². The molecule has 0 saturated heterocycles. The van der Waals surface area contributed by atoms with Crippen LogP contribution in [-0.2, 0) is 0 Å². The van der Waals surface area contributed by atoms with Gasteiger partial charge in [0.15, 0.2) is 0 Å². The minimum atomic E-state index is -0.512.